The van der Waals surface area contributed by atoms with Crippen molar-refractivity contribution >= 4 is 46.8 Å². The van der Waals surface area contributed by atoms with Gasteiger partial charge in [0.05, 0.1) is 22.5 Å². The van der Waals surface area contributed by atoms with Crippen LogP contribution >= 0.6 is 23.2 Å². The lowest BCUT2D eigenvalue weighted by atomic mass is 10.0. The normalized spacial score (nSPS) is 15.7. The number of nitrogens with one attached hydrogen (secondary N) is 1. The fourth-order valence-electron chi connectivity index (χ4n) is 3.05. The van der Waals surface area contributed by atoms with Crippen molar-refractivity contribution in [1.82, 2.24) is 10.4 Å². The molecule has 1 atom stereocenters. The standard InChI is InChI=1S/C22H20Cl2N2O5/c1-12-3-4-14(7-13(12)2)19(27)11-31-22(30)16-9-20(28)26(10-16)25-21(29)15-5-6-17(23)18(24)8-15/h3-8,16H,9-11H2,1-2H3,(H,25,29)/t16-/m1/s1. The molecule has 0 aliphatic carbocycles. The third kappa shape index (κ3) is 5.42. The van der Waals surface area contributed by atoms with Gasteiger partial charge in [-0.3, -0.25) is 29.6 Å². The van der Waals surface area contributed by atoms with Crippen molar-refractivity contribution in [3.8, 4) is 0 Å². The lowest BCUT2D eigenvalue weighted by molar-refractivity contribution is -0.147. The van der Waals surface area contributed by atoms with E-state index < -0.39 is 30.3 Å². The Hall–Kier alpha value is -2.90. The highest BCUT2D eigenvalue weighted by Crippen LogP contribution is 2.23. The fraction of sp³-hybridized carbons (Fsp3) is 0.273. The van der Waals surface area contributed by atoms with Crippen molar-refractivity contribution in [3.63, 3.8) is 0 Å². The molecule has 1 fully saturated rings. The summed E-state index contributed by atoms with van der Waals surface area (Å²) in [5, 5.41) is 1.56. The van der Waals surface area contributed by atoms with E-state index in [1.54, 1.807) is 12.1 Å². The first-order valence-electron chi connectivity index (χ1n) is 9.49. The molecule has 31 heavy (non-hydrogen) atoms. The summed E-state index contributed by atoms with van der Waals surface area (Å²) < 4.78 is 5.12. The average molecular weight is 463 g/mol. The minimum atomic E-state index is -0.783. The summed E-state index contributed by atoms with van der Waals surface area (Å²) in [6.45, 7) is 3.36. The first-order chi connectivity index (χ1) is 14.7. The number of carbonyl (C=O) groups excluding carboxylic acids is 4. The van der Waals surface area contributed by atoms with Gasteiger partial charge in [-0.05, 0) is 49.2 Å². The Morgan fingerprint density at radius 3 is 2.42 bits per heavy atom. The van der Waals surface area contributed by atoms with Gasteiger partial charge in [0.1, 0.15) is 0 Å². The van der Waals surface area contributed by atoms with Gasteiger partial charge in [-0.25, -0.2) is 0 Å². The molecule has 2 aromatic rings. The quantitative estimate of drug-likeness (QED) is 0.523. The summed E-state index contributed by atoms with van der Waals surface area (Å²) in [7, 11) is 0. The number of ether oxygens (including phenoxy) is 1. The van der Waals surface area contributed by atoms with Gasteiger partial charge in [0.15, 0.2) is 12.4 Å². The SMILES string of the molecule is Cc1ccc(C(=O)COC(=O)[C@@H]2CC(=O)N(NC(=O)c3ccc(Cl)c(Cl)c3)C2)cc1C. The van der Waals surface area contributed by atoms with Crippen LogP contribution in [-0.2, 0) is 14.3 Å². The smallest absolute Gasteiger partial charge is 0.311 e. The molecule has 1 N–H and O–H groups in total. The van der Waals surface area contributed by atoms with E-state index in [1.807, 2.05) is 19.9 Å². The zero-order valence-electron chi connectivity index (χ0n) is 16.9. The number of hydrogen-bond acceptors (Lipinski definition) is 5. The molecule has 0 bridgehead atoms. The third-order valence-corrected chi connectivity index (χ3v) is 5.79. The fourth-order valence-corrected chi connectivity index (χ4v) is 3.35. The Kier molecular flexibility index (Phi) is 6.97. The number of esters is 1. The van der Waals surface area contributed by atoms with Gasteiger partial charge in [0.25, 0.3) is 5.91 Å². The van der Waals surface area contributed by atoms with E-state index in [4.69, 9.17) is 27.9 Å². The minimum absolute atomic E-state index is 0.0530. The van der Waals surface area contributed by atoms with Crippen LogP contribution in [0.4, 0.5) is 0 Å². The highest BCUT2D eigenvalue weighted by atomic mass is 35.5. The molecule has 0 unspecified atom stereocenters. The summed E-state index contributed by atoms with van der Waals surface area (Å²) in [5.74, 6) is -2.78. The van der Waals surface area contributed by atoms with Crippen LogP contribution in [-0.4, -0.2) is 41.7 Å². The summed E-state index contributed by atoms with van der Waals surface area (Å²) in [5.41, 5.74) is 5.14. The van der Waals surface area contributed by atoms with Crippen molar-refractivity contribution in [2.45, 2.75) is 20.3 Å². The minimum Gasteiger partial charge on any atom is -0.457 e. The molecule has 1 aliphatic rings. The van der Waals surface area contributed by atoms with Gasteiger partial charge in [0.2, 0.25) is 5.91 Å². The van der Waals surface area contributed by atoms with Gasteiger partial charge < -0.3 is 4.74 Å². The van der Waals surface area contributed by atoms with E-state index >= 15 is 0 Å². The Morgan fingerprint density at radius 2 is 1.74 bits per heavy atom. The molecule has 162 valence electrons. The zero-order chi connectivity index (χ0) is 22.7. The predicted octanol–water partition coefficient (Wildman–Crippen LogP) is 3.53. The molecule has 1 aliphatic heterocycles. The van der Waals surface area contributed by atoms with Crippen molar-refractivity contribution in [2.24, 2.45) is 5.92 Å². The molecule has 0 spiro atoms. The van der Waals surface area contributed by atoms with E-state index in [0.717, 1.165) is 16.1 Å². The maximum Gasteiger partial charge on any atom is 0.311 e. The van der Waals surface area contributed by atoms with Crippen LogP contribution in [0, 0.1) is 19.8 Å². The maximum absolute atomic E-state index is 12.3. The first kappa shape index (κ1) is 22.8. The molecule has 1 heterocycles. The lowest BCUT2D eigenvalue weighted by Crippen LogP contribution is -2.43. The van der Waals surface area contributed by atoms with Crippen molar-refractivity contribution in [1.29, 1.82) is 0 Å². The number of Topliss-reactive ketones (excluding diaryl/α,β-unsaturated/α-hetero) is 1. The summed E-state index contributed by atoms with van der Waals surface area (Å²) in [4.78, 5) is 49.1. The topological polar surface area (TPSA) is 92.8 Å². The van der Waals surface area contributed by atoms with E-state index in [9.17, 15) is 19.2 Å². The largest absolute Gasteiger partial charge is 0.457 e. The van der Waals surface area contributed by atoms with Crippen LogP contribution < -0.4 is 5.43 Å². The van der Waals surface area contributed by atoms with Crippen molar-refractivity contribution in [2.75, 3.05) is 13.2 Å². The maximum atomic E-state index is 12.3. The summed E-state index contributed by atoms with van der Waals surface area (Å²) in [6.07, 6.45) is -0.127. The number of rotatable bonds is 6. The molecule has 0 saturated carbocycles. The number of aryl methyl sites for hydroxylation is 2. The Balaban J connectivity index is 1.54. The molecule has 2 aromatic carbocycles. The zero-order valence-corrected chi connectivity index (χ0v) is 18.4. The third-order valence-electron chi connectivity index (χ3n) is 5.05. The molecule has 0 aromatic heterocycles. The molecule has 9 heteroatoms. The van der Waals surface area contributed by atoms with Crippen LogP contribution in [0.1, 0.15) is 38.3 Å². The van der Waals surface area contributed by atoms with Crippen molar-refractivity contribution in [3.05, 3.63) is 68.7 Å². The van der Waals surface area contributed by atoms with Crippen LogP contribution in [0.2, 0.25) is 10.0 Å². The average Bonchev–Trinajstić information content (AvgIpc) is 3.10. The highest BCUT2D eigenvalue weighted by Gasteiger charge is 2.36. The Morgan fingerprint density at radius 1 is 1.03 bits per heavy atom. The molecular weight excluding hydrogens is 443 g/mol. The first-order valence-corrected chi connectivity index (χ1v) is 10.2. The second-order valence-electron chi connectivity index (χ2n) is 7.31. The van der Waals surface area contributed by atoms with Gasteiger partial charge in [-0.15, -0.1) is 0 Å². The molecule has 0 radical (unpaired) electrons. The Bertz CT molecular complexity index is 1070. The Labute approximate surface area is 189 Å². The molecule has 2 amide bonds. The number of benzene rings is 2. The number of halogens is 2. The second kappa shape index (κ2) is 9.49. The van der Waals surface area contributed by atoms with Gasteiger partial charge in [-0.1, -0.05) is 35.3 Å². The molecular formula is C22H20Cl2N2O5. The van der Waals surface area contributed by atoms with Crippen molar-refractivity contribution < 1.29 is 23.9 Å². The van der Waals surface area contributed by atoms with Gasteiger partial charge in [-0.2, -0.15) is 0 Å². The highest BCUT2D eigenvalue weighted by molar-refractivity contribution is 6.42. The number of hydrazine groups is 1. The van der Waals surface area contributed by atoms with Crippen LogP contribution in [0.3, 0.4) is 0 Å². The lowest BCUT2D eigenvalue weighted by Gasteiger charge is -2.17. The number of ketones is 1. The van der Waals surface area contributed by atoms with E-state index in [2.05, 4.69) is 5.43 Å². The van der Waals surface area contributed by atoms with E-state index in [1.165, 1.54) is 18.2 Å². The van der Waals surface area contributed by atoms with Crippen LogP contribution in [0.15, 0.2) is 36.4 Å². The van der Waals surface area contributed by atoms with Gasteiger partial charge >= 0.3 is 5.97 Å². The van der Waals surface area contributed by atoms with Gasteiger partial charge in [0, 0.05) is 17.5 Å². The number of nitrogens with zero attached hydrogens (tertiary/aromatic N) is 1. The predicted molar refractivity (Wildman–Crippen MR) is 115 cm³/mol. The van der Waals surface area contributed by atoms with Crippen LogP contribution in [0.5, 0.6) is 0 Å². The molecule has 1 saturated heterocycles. The number of hydrogen-bond donors (Lipinski definition) is 1. The number of amides is 2. The summed E-state index contributed by atoms with van der Waals surface area (Å²) in [6, 6.07) is 9.56. The molecule has 3 rings (SSSR count). The second-order valence-corrected chi connectivity index (χ2v) is 8.12. The van der Waals surface area contributed by atoms with E-state index in [-0.39, 0.29) is 29.3 Å². The number of carbonyl (C=O) groups is 4. The molecule has 7 nitrogen and oxygen atoms in total. The van der Waals surface area contributed by atoms with E-state index in [0.29, 0.717) is 10.6 Å². The van der Waals surface area contributed by atoms with Crippen LogP contribution in [0.25, 0.3) is 0 Å². The monoisotopic (exact) mass is 462 g/mol. The summed E-state index contributed by atoms with van der Waals surface area (Å²) >= 11 is 11.7.